The van der Waals surface area contributed by atoms with Crippen molar-refractivity contribution in [3.05, 3.63) is 41.8 Å². The van der Waals surface area contributed by atoms with E-state index in [2.05, 4.69) is 15.5 Å². The Morgan fingerprint density at radius 3 is 2.92 bits per heavy atom. The lowest BCUT2D eigenvalue weighted by Crippen LogP contribution is -2.36. The van der Waals surface area contributed by atoms with Gasteiger partial charge in [-0.2, -0.15) is 4.98 Å². The fourth-order valence-electron chi connectivity index (χ4n) is 2.55. The van der Waals surface area contributed by atoms with Crippen molar-refractivity contribution >= 4 is 5.91 Å². The van der Waals surface area contributed by atoms with Crippen LogP contribution in [0.2, 0.25) is 0 Å². The zero-order chi connectivity index (χ0) is 17.6. The molecule has 0 spiro atoms. The standard InChI is InChI=1S/C17H20FN3O4/c1-11(24-14-5-3-2-4-13(14)18)17(22)19-10-15-20-16(21-25-15)12-6-8-23-9-7-12/h2-5,11-12H,6-10H2,1H3,(H,19,22)/t11-/m0/s1. The highest BCUT2D eigenvalue weighted by Crippen LogP contribution is 2.24. The molecule has 1 fully saturated rings. The summed E-state index contributed by atoms with van der Waals surface area (Å²) in [7, 11) is 0. The predicted octanol–water partition coefficient (Wildman–Crippen LogP) is 2.19. The summed E-state index contributed by atoms with van der Waals surface area (Å²) < 4.78 is 29.3. The molecular weight excluding hydrogens is 329 g/mol. The van der Waals surface area contributed by atoms with Gasteiger partial charge in [0.05, 0.1) is 6.54 Å². The van der Waals surface area contributed by atoms with Crippen molar-refractivity contribution in [1.82, 2.24) is 15.5 Å². The van der Waals surface area contributed by atoms with E-state index in [-0.39, 0.29) is 18.2 Å². The number of amides is 1. The van der Waals surface area contributed by atoms with E-state index >= 15 is 0 Å². The van der Waals surface area contributed by atoms with Crippen molar-refractivity contribution < 1.29 is 23.2 Å². The minimum atomic E-state index is -0.852. The summed E-state index contributed by atoms with van der Waals surface area (Å²) in [4.78, 5) is 16.4. The van der Waals surface area contributed by atoms with Crippen LogP contribution in [0.25, 0.3) is 0 Å². The fourth-order valence-corrected chi connectivity index (χ4v) is 2.55. The number of carbonyl (C=O) groups excluding carboxylic acids is 1. The molecule has 0 aliphatic carbocycles. The Morgan fingerprint density at radius 2 is 2.16 bits per heavy atom. The maximum atomic E-state index is 13.5. The summed E-state index contributed by atoms with van der Waals surface area (Å²) >= 11 is 0. The molecule has 0 bridgehead atoms. The molecule has 0 unspecified atom stereocenters. The van der Waals surface area contributed by atoms with Crippen LogP contribution in [0.1, 0.15) is 37.4 Å². The highest BCUT2D eigenvalue weighted by molar-refractivity contribution is 5.80. The highest BCUT2D eigenvalue weighted by atomic mass is 19.1. The summed E-state index contributed by atoms with van der Waals surface area (Å²) in [6.45, 7) is 3.02. The van der Waals surface area contributed by atoms with Crippen LogP contribution in [0.3, 0.4) is 0 Å². The van der Waals surface area contributed by atoms with Gasteiger partial charge in [-0.25, -0.2) is 4.39 Å². The first-order valence-corrected chi connectivity index (χ1v) is 8.22. The van der Waals surface area contributed by atoms with Crippen molar-refractivity contribution in [2.45, 2.75) is 38.3 Å². The van der Waals surface area contributed by atoms with Gasteiger partial charge < -0.3 is 19.3 Å². The molecule has 134 valence electrons. The van der Waals surface area contributed by atoms with Gasteiger partial charge in [0, 0.05) is 19.1 Å². The molecule has 8 heteroatoms. The van der Waals surface area contributed by atoms with Gasteiger partial charge in [-0.1, -0.05) is 17.3 Å². The molecule has 1 saturated heterocycles. The third-order valence-corrected chi connectivity index (χ3v) is 3.99. The number of para-hydroxylation sites is 1. The van der Waals surface area contributed by atoms with Crippen LogP contribution in [-0.4, -0.2) is 35.4 Å². The van der Waals surface area contributed by atoms with Crippen LogP contribution in [0.5, 0.6) is 5.75 Å². The quantitative estimate of drug-likeness (QED) is 0.860. The van der Waals surface area contributed by atoms with Crippen molar-refractivity contribution in [2.24, 2.45) is 0 Å². The number of carbonyl (C=O) groups is 1. The number of rotatable bonds is 6. The Kier molecular flexibility index (Phi) is 5.60. The van der Waals surface area contributed by atoms with E-state index in [0.29, 0.717) is 24.9 Å². The van der Waals surface area contributed by atoms with Crippen molar-refractivity contribution in [3.8, 4) is 5.75 Å². The second-order valence-electron chi connectivity index (χ2n) is 5.84. The minimum absolute atomic E-state index is 0.0322. The number of benzene rings is 1. The van der Waals surface area contributed by atoms with Gasteiger partial charge in [-0.15, -0.1) is 0 Å². The van der Waals surface area contributed by atoms with Gasteiger partial charge in [0.25, 0.3) is 5.91 Å². The summed E-state index contributed by atoms with van der Waals surface area (Å²) in [5.74, 6) is 0.320. The summed E-state index contributed by atoms with van der Waals surface area (Å²) in [5.41, 5.74) is 0. The molecule has 1 atom stereocenters. The molecule has 1 aliphatic rings. The molecule has 2 heterocycles. The molecule has 3 rings (SSSR count). The molecule has 1 N–H and O–H groups in total. The van der Waals surface area contributed by atoms with Crippen LogP contribution in [0, 0.1) is 5.82 Å². The smallest absolute Gasteiger partial charge is 0.261 e. The first-order chi connectivity index (χ1) is 12.1. The maximum Gasteiger partial charge on any atom is 0.261 e. The summed E-state index contributed by atoms with van der Waals surface area (Å²) in [5, 5.41) is 6.62. The lowest BCUT2D eigenvalue weighted by atomic mass is 10.00. The van der Waals surface area contributed by atoms with E-state index in [0.717, 1.165) is 12.8 Å². The molecule has 2 aromatic rings. The van der Waals surface area contributed by atoms with E-state index in [9.17, 15) is 9.18 Å². The second-order valence-corrected chi connectivity index (χ2v) is 5.84. The largest absolute Gasteiger partial charge is 0.478 e. The molecule has 1 aromatic carbocycles. The average molecular weight is 349 g/mol. The first-order valence-electron chi connectivity index (χ1n) is 8.22. The molecule has 1 aromatic heterocycles. The van der Waals surface area contributed by atoms with Crippen LogP contribution in [0.4, 0.5) is 4.39 Å². The number of hydrogen-bond acceptors (Lipinski definition) is 6. The predicted molar refractivity (Wildman–Crippen MR) is 85.4 cm³/mol. The minimum Gasteiger partial charge on any atom is -0.478 e. The van der Waals surface area contributed by atoms with Crippen LogP contribution >= 0.6 is 0 Å². The topological polar surface area (TPSA) is 86.5 Å². The van der Waals surface area contributed by atoms with Gasteiger partial charge >= 0.3 is 0 Å². The number of aromatic nitrogens is 2. The maximum absolute atomic E-state index is 13.5. The van der Waals surface area contributed by atoms with Crippen molar-refractivity contribution in [1.29, 1.82) is 0 Å². The first kappa shape index (κ1) is 17.3. The highest BCUT2D eigenvalue weighted by Gasteiger charge is 2.22. The van der Waals surface area contributed by atoms with E-state index in [1.54, 1.807) is 19.1 Å². The molecular formula is C17H20FN3O4. The van der Waals surface area contributed by atoms with E-state index in [1.165, 1.54) is 12.1 Å². The molecule has 7 nitrogen and oxygen atoms in total. The normalized spacial score (nSPS) is 16.4. The number of nitrogens with one attached hydrogen (secondary N) is 1. The van der Waals surface area contributed by atoms with Gasteiger partial charge in [-0.3, -0.25) is 4.79 Å². The average Bonchev–Trinajstić information content (AvgIpc) is 3.11. The Bertz CT molecular complexity index is 715. The zero-order valence-corrected chi connectivity index (χ0v) is 13.9. The van der Waals surface area contributed by atoms with Gasteiger partial charge in [0.2, 0.25) is 5.89 Å². The zero-order valence-electron chi connectivity index (χ0n) is 13.9. The van der Waals surface area contributed by atoms with E-state index in [4.69, 9.17) is 14.0 Å². The fraction of sp³-hybridized carbons (Fsp3) is 0.471. The lowest BCUT2D eigenvalue weighted by molar-refractivity contribution is -0.127. The van der Waals surface area contributed by atoms with Crippen LogP contribution in [0.15, 0.2) is 28.8 Å². The SMILES string of the molecule is C[C@H](Oc1ccccc1F)C(=O)NCc1nc(C2CCOCC2)no1. The van der Waals surface area contributed by atoms with E-state index in [1.807, 2.05) is 0 Å². The van der Waals surface area contributed by atoms with E-state index < -0.39 is 17.8 Å². The molecule has 0 saturated carbocycles. The van der Waals surface area contributed by atoms with Gasteiger partial charge in [-0.05, 0) is 31.9 Å². The third kappa shape index (κ3) is 4.54. The van der Waals surface area contributed by atoms with Crippen LogP contribution < -0.4 is 10.1 Å². The summed E-state index contributed by atoms with van der Waals surface area (Å²) in [6.07, 6.45) is 0.868. The van der Waals surface area contributed by atoms with Gasteiger partial charge in [0.15, 0.2) is 23.5 Å². The van der Waals surface area contributed by atoms with Crippen molar-refractivity contribution in [3.63, 3.8) is 0 Å². The number of nitrogens with zero attached hydrogens (tertiary/aromatic N) is 2. The number of halogens is 1. The molecule has 0 radical (unpaired) electrons. The molecule has 1 aliphatic heterocycles. The Labute approximate surface area is 144 Å². The Morgan fingerprint density at radius 1 is 1.40 bits per heavy atom. The lowest BCUT2D eigenvalue weighted by Gasteiger charge is -2.18. The Hall–Kier alpha value is -2.48. The number of ether oxygens (including phenoxy) is 2. The second kappa shape index (κ2) is 8.06. The monoisotopic (exact) mass is 349 g/mol. The molecule has 1 amide bonds. The third-order valence-electron chi connectivity index (χ3n) is 3.99. The molecule has 25 heavy (non-hydrogen) atoms. The van der Waals surface area contributed by atoms with Crippen molar-refractivity contribution in [2.75, 3.05) is 13.2 Å². The number of hydrogen-bond donors (Lipinski definition) is 1. The summed E-state index contributed by atoms with van der Waals surface area (Å²) in [6, 6.07) is 5.94. The van der Waals surface area contributed by atoms with Gasteiger partial charge in [0.1, 0.15) is 0 Å². The Balaban J connectivity index is 1.50. The van der Waals surface area contributed by atoms with Crippen LogP contribution in [-0.2, 0) is 16.1 Å².